The van der Waals surface area contributed by atoms with Crippen LogP contribution in [0.2, 0.25) is 0 Å². The topological polar surface area (TPSA) is 95.5 Å². The van der Waals surface area contributed by atoms with E-state index in [-0.39, 0.29) is 17.9 Å². The largest absolute Gasteiger partial charge is 0.481 e. The summed E-state index contributed by atoms with van der Waals surface area (Å²) in [7, 11) is 0. The van der Waals surface area contributed by atoms with Gasteiger partial charge in [0.1, 0.15) is 5.00 Å². The second kappa shape index (κ2) is 7.61. The van der Waals surface area contributed by atoms with E-state index in [0.29, 0.717) is 29.8 Å². The number of anilines is 1. The van der Waals surface area contributed by atoms with E-state index in [0.717, 1.165) is 23.3 Å². The molecule has 140 valence electrons. The zero-order valence-corrected chi connectivity index (χ0v) is 15.8. The molecule has 2 aliphatic carbocycles. The molecule has 6 nitrogen and oxygen atoms in total. The number of thiophene rings is 1. The molecular weight excluding hydrogens is 352 g/mol. The van der Waals surface area contributed by atoms with Crippen molar-refractivity contribution in [1.82, 2.24) is 5.32 Å². The summed E-state index contributed by atoms with van der Waals surface area (Å²) < 4.78 is 0. The molecule has 1 saturated carbocycles. The lowest BCUT2D eigenvalue weighted by Crippen LogP contribution is -2.35. The molecule has 1 aromatic heterocycles. The number of carbonyl (C=O) groups excluding carboxylic acids is 2. The molecule has 1 aromatic rings. The average Bonchev–Trinajstić information content (AvgIpc) is 3.36. The third-order valence-electron chi connectivity index (χ3n) is 5.03. The number of carboxylic acid groups (broad SMARTS) is 1. The number of aliphatic carboxylic acids is 1. The molecule has 2 amide bonds. The van der Waals surface area contributed by atoms with Crippen molar-refractivity contribution in [2.75, 3.05) is 5.32 Å². The van der Waals surface area contributed by atoms with Gasteiger partial charge in [-0.05, 0) is 44.6 Å². The first-order valence-corrected chi connectivity index (χ1v) is 9.85. The summed E-state index contributed by atoms with van der Waals surface area (Å²) in [4.78, 5) is 37.9. The predicted molar refractivity (Wildman–Crippen MR) is 101 cm³/mol. The highest BCUT2D eigenvalue weighted by molar-refractivity contribution is 7.16. The smallest absolute Gasteiger partial charge is 0.307 e. The Morgan fingerprint density at radius 1 is 1.19 bits per heavy atom. The molecule has 26 heavy (non-hydrogen) atoms. The summed E-state index contributed by atoms with van der Waals surface area (Å²) in [6.07, 6.45) is 7.10. The Morgan fingerprint density at radius 2 is 1.85 bits per heavy atom. The summed E-state index contributed by atoms with van der Waals surface area (Å²) in [6.45, 7) is 3.93. The first kappa shape index (κ1) is 18.6. The summed E-state index contributed by atoms with van der Waals surface area (Å²) >= 11 is 1.39. The van der Waals surface area contributed by atoms with Gasteiger partial charge in [0, 0.05) is 10.9 Å². The van der Waals surface area contributed by atoms with Crippen molar-refractivity contribution in [2.24, 2.45) is 11.8 Å². The number of carboxylic acids is 1. The Bertz CT molecular complexity index is 764. The molecule has 0 radical (unpaired) electrons. The highest BCUT2D eigenvalue weighted by atomic mass is 32.1. The van der Waals surface area contributed by atoms with Crippen LogP contribution in [0.3, 0.4) is 0 Å². The lowest BCUT2D eigenvalue weighted by atomic mass is 9.82. The molecule has 1 heterocycles. The van der Waals surface area contributed by atoms with Crippen LogP contribution < -0.4 is 10.6 Å². The van der Waals surface area contributed by atoms with Gasteiger partial charge >= 0.3 is 5.97 Å². The first-order chi connectivity index (χ1) is 12.4. The van der Waals surface area contributed by atoms with E-state index < -0.39 is 17.8 Å². The highest BCUT2D eigenvalue weighted by Gasteiger charge is 2.35. The SMILES string of the molecule is CCc1c(C)sc(NC(=O)[C@@H]2CC=CC[C@@H]2C(=O)O)c1C(=O)NC1CC1. The second-order valence-corrected chi connectivity index (χ2v) is 8.15. The fourth-order valence-electron chi connectivity index (χ4n) is 3.40. The lowest BCUT2D eigenvalue weighted by Gasteiger charge is -2.24. The van der Waals surface area contributed by atoms with Gasteiger partial charge in [-0.3, -0.25) is 14.4 Å². The van der Waals surface area contributed by atoms with Crippen molar-refractivity contribution in [3.8, 4) is 0 Å². The van der Waals surface area contributed by atoms with Crippen molar-refractivity contribution in [2.45, 2.75) is 52.0 Å². The lowest BCUT2D eigenvalue weighted by molar-refractivity contribution is -0.146. The van der Waals surface area contributed by atoms with E-state index in [1.165, 1.54) is 11.3 Å². The fourth-order valence-corrected chi connectivity index (χ4v) is 4.54. The second-order valence-electron chi connectivity index (χ2n) is 6.93. The molecule has 0 aliphatic heterocycles. The maximum absolute atomic E-state index is 12.8. The Kier molecular flexibility index (Phi) is 5.46. The molecule has 2 atom stereocenters. The van der Waals surface area contributed by atoms with E-state index in [9.17, 15) is 19.5 Å². The molecule has 0 saturated heterocycles. The Labute approximate surface area is 156 Å². The minimum absolute atomic E-state index is 0.151. The van der Waals surface area contributed by atoms with Gasteiger partial charge < -0.3 is 15.7 Å². The Balaban J connectivity index is 1.84. The van der Waals surface area contributed by atoms with Crippen molar-refractivity contribution in [3.05, 3.63) is 28.2 Å². The minimum atomic E-state index is -0.960. The number of allylic oxidation sites excluding steroid dienone is 2. The van der Waals surface area contributed by atoms with Crippen LogP contribution in [0.25, 0.3) is 0 Å². The number of hydrogen-bond acceptors (Lipinski definition) is 4. The molecule has 3 rings (SSSR count). The van der Waals surface area contributed by atoms with Crippen LogP contribution in [0.1, 0.15) is 53.4 Å². The van der Waals surface area contributed by atoms with Crippen LogP contribution in [0, 0.1) is 18.8 Å². The van der Waals surface area contributed by atoms with Crippen LogP contribution in [0.5, 0.6) is 0 Å². The van der Waals surface area contributed by atoms with Crippen molar-refractivity contribution in [3.63, 3.8) is 0 Å². The number of hydrogen-bond donors (Lipinski definition) is 3. The van der Waals surface area contributed by atoms with E-state index in [2.05, 4.69) is 10.6 Å². The number of nitrogens with one attached hydrogen (secondary N) is 2. The summed E-state index contributed by atoms with van der Waals surface area (Å²) in [5, 5.41) is 15.8. The summed E-state index contributed by atoms with van der Waals surface area (Å²) in [5.74, 6) is -2.79. The molecule has 0 spiro atoms. The maximum atomic E-state index is 12.8. The Hall–Kier alpha value is -2.15. The molecule has 0 unspecified atom stereocenters. The van der Waals surface area contributed by atoms with Crippen LogP contribution in [0.15, 0.2) is 12.2 Å². The van der Waals surface area contributed by atoms with Gasteiger partial charge in [0.15, 0.2) is 0 Å². The minimum Gasteiger partial charge on any atom is -0.481 e. The van der Waals surface area contributed by atoms with Crippen molar-refractivity contribution >= 4 is 34.1 Å². The molecule has 0 bridgehead atoms. The standard InChI is InChI=1S/C19H24N2O4S/c1-3-12-10(2)26-18(15(12)17(23)20-11-8-9-11)21-16(22)13-6-4-5-7-14(13)19(24)25/h4-5,11,13-14H,3,6-9H2,1-2H3,(H,20,23)(H,21,22)(H,24,25)/t13-,14+/m1/s1. The first-order valence-electron chi connectivity index (χ1n) is 9.04. The predicted octanol–water partition coefficient (Wildman–Crippen LogP) is 3.12. The van der Waals surface area contributed by atoms with Crippen LogP contribution >= 0.6 is 11.3 Å². The van der Waals surface area contributed by atoms with E-state index in [1.807, 2.05) is 26.0 Å². The van der Waals surface area contributed by atoms with E-state index >= 15 is 0 Å². The number of rotatable bonds is 6. The molecule has 2 aliphatic rings. The summed E-state index contributed by atoms with van der Waals surface area (Å²) in [5.41, 5.74) is 1.48. The maximum Gasteiger partial charge on any atom is 0.307 e. The highest BCUT2D eigenvalue weighted by Crippen LogP contribution is 2.36. The number of amides is 2. The van der Waals surface area contributed by atoms with Gasteiger partial charge in [-0.15, -0.1) is 11.3 Å². The van der Waals surface area contributed by atoms with Gasteiger partial charge in [0.05, 0.1) is 17.4 Å². The third-order valence-corrected chi connectivity index (χ3v) is 6.09. The monoisotopic (exact) mass is 376 g/mol. The fraction of sp³-hybridized carbons (Fsp3) is 0.526. The third kappa shape index (κ3) is 3.82. The summed E-state index contributed by atoms with van der Waals surface area (Å²) in [6, 6.07) is 0.232. The molecule has 3 N–H and O–H groups in total. The molecular formula is C19H24N2O4S. The molecule has 0 aromatic carbocycles. The van der Waals surface area contributed by atoms with Crippen LogP contribution in [-0.2, 0) is 16.0 Å². The van der Waals surface area contributed by atoms with Crippen LogP contribution in [-0.4, -0.2) is 28.9 Å². The quantitative estimate of drug-likeness (QED) is 0.665. The van der Waals surface area contributed by atoms with Crippen molar-refractivity contribution in [1.29, 1.82) is 0 Å². The normalized spacial score (nSPS) is 22.1. The number of aryl methyl sites for hydroxylation is 1. The molecule has 1 fully saturated rings. The van der Waals surface area contributed by atoms with Gasteiger partial charge in [-0.1, -0.05) is 19.1 Å². The van der Waals surface area contributed by atoms with Crippen LogP contribution in [0.4, 0.5) is 5.00 Å². The zero-order valence-electron chi connectivity index (χ0n) is 15.0. The number of carbonyl (C=O) groups is 3. The van der Waals surface area contributed by atoms with Gasteiger partial charge in [-0.2, -0.15) is 0 Å². The van der Waals surface area contributed by atoms with Gasteiger partial charge in [0.2, 0.25) is 5.91 Å². The van der Waals surface area contributed by atoms with E-state index in [1.54, 1.807) is 0 Å². The van der Waals surface area contributed by atoms with E-state index in [4.69, 9.17) is 0 Å². The van der Waals surface area contributed by atoms with Crippen molar-refractivity contribution < 1.29 is 19.5 Å². The van der Waals surface area contributed by atoms with Gasteiger partial charge in [0.25, 0.3) is 5.91 Å². The van der Waals surface area contributed by atoms with Gasteiger partial charge in [-0.25, -0.2) is 0 Å². The zero-order chi connectivity index (χ0) is 18.8. The average molecular weight is 376 g/mol. The molecule has 7 heteroatoms. The Morgan fingerprint density at radius 3 is 2.42 bits per heavy atom.